The number of urea groups is 1. The number of morpholine rings is 1. The summed E-state index contributed by atoms with van der Waals surface area (Å²) in [5.41, 5.74) is 1.32. The number of benzene rings is 1. The van der Waals surface area contributed by atoms with Crippen LogP contribution in [0.15, 0.2) is 30.3 Å². The summed E-state index contributed by atoms with van der Waals surface area (Å²) in [4.78, 5) is 16.8. The van der Waals surface area contributed by atoms with Gasteiger partial charge in [0.2, 0.25) is 0 Å². The van der Waals surface area contributed by atoms with Crippen LogP contribution in [0.4, 0.5) is 4.79 Å². The van der Waals surface area contributed by atoms with Gasteiger partial charge in [-0.2, -0.15) is 0 Å². The van der Waals surface area contributed by atoms with Crippen LogP contribution in [0.5, 0.6) is 0 Å². The molecule has 4 atom stereocenters. The predicted octanol–water partition coefficient (Wildman–Crippen LogP) is 1.69. The number of nitrogens with one attached hydrogen (secondary N) is 1. The maximum Gasteiger partial charge on any atom is 0.317 e. The van der Waals surface area contributed by atoms with E-state index in [9.17, 15) is 4.79 Å². The monoisotopic (exact) mass is 315 g/mol. The minimum absolute atomic E-state index is 0.0806. The van der Waals surface area contributed by atoms with E-state index in [4.69, 9.17) is 4.74 Å². The quantitative estimate of drug-likeness (QED) is 0.923. The molecular formula is C18H25N3O2. The van der Waals surface area contributed by atoms with Crippen LogP contribution in [-0.4, -0.2) is 60.3 Å². The largest absolute Gasteiger partial charge is 0.373 e. The Kier molecular flexibility index (Phi) is 3.99. The van der Waals surface area contributed by atoms with Crippen molar-refractivity contribution in [1.29, 1.82) is 0 Å². The molecule has 3 fully saturated rings. The lowest BCUT2D eigenvalue weighted by atomic mass is 10.1. The fourth-order valence-electron chi connectivity index (χ4n) is 3.71. The number of nitrogens with zero attached hydrogens (tertiary/aromatic N) is 2. The van der Waals surface area contributed by atoms with Gasteiger partial charge in [-0.15, -0.1) is 0 Å². The Balaban J connectivity index is 1.39. The zero-order chi connectivity index (χ0) is 15.8. The Morgan fingerprint density at radius 3 is 2.83 bits per heavy atom. The molecule has 2 amide bonds. The van der Waals surface area contributed by atoms with Gasteiger partial charge in [-0.1, -0.05) is 37.3 Å². The summed E-state index contributed by atoms with van der Waals surface area (Å²) >= 11 is 0. The van der Waals surface area contributed by atoms with Crippen molar-refractivity contribution in [1.82, 2.24) is 15.1 Å². The molecule has 23 heavy (non-hydrogen) atoms. The zero-order valence-corrected chi connectivity index (χ0v) is 13.6. The number of carbonyl (C=O) groups excluding carboxylic acids is 1. The Hall–Kier alpha value is -1.59. The SMILES string of the molecule is C[C@H]1C[C@@H]1NC(=O)N1C[C@@H]2[C@@H](C1)OCCN2Cc1ccccc1. The summed E-state index contributed by atoms with van der Waals surface area (Å²) in [6.07, 6.45) is 1.26. The van der Waals surface area contributed by atoms with Crippen LogP contribution in [0, 0.1) is 5.92 Å². The number of ether oxygens (including phenoxy) is 1. The van der Waals surface area contributed by atoms with Crippen LogP contribution in [0.3, 0.4) is 0 Å². The van der Waals surface area contributed by atoms with Gasteiger partial charge >= 0.3 is 6.03 Å². The van der Waals surface area contributed by atoms with E-state index in [0.717, 1.165) is 32.7 Å². The molecule has 0 spiro atoms. The lowest BCUT2D eigenvalue weighted by Crippen LogP contribution is -2.50. The standard InChI is InChI=1S/C18H25N3O2/c1-13-9-15(13)19-18(22)21-11-16-17(12-21)23-8-7-20(16)10-14-5-3-2-4-6-14/h2-6,13,15-17H,7-12H2,1H3,(H,19,22)/t13-,15-,16+,17+/m0/s1. The topological polar surface area (TPSA) is 44.8 Å². The van der Waals surface area contributed by atoms with Crippen molar-refractivity contribution in [2.45, 2.75) is 38.1 Å². The second-order valence-electron chi connectivity index (χ2n) is 7.11. The van der Waals surface area contributed by atoms with E-state index in [-0.39, 0.29) is 12.1 Å². The second kappa shape index (κ2) is 6.13. The first-order valence-electron chi connectivity index (χ1n) is 8.66. The van der Waals surface area contributed by atoms with Gasteiger partial charge in [-0.3, -0.25) is 4.90 Å². The summed E-state index contributed by atoms with van der Waals surface area (Å²) in [5, 5.41) is 3.13. The first-order valence-corrected chi connectivity index (χ1v) is 8.66. The molecule has 1 aliphatic carbocycles. The minimum atomic E-state index is 0.0806. The number of amides is 2. The fourth-order valence-corrected chi connectivity index (χ4v) is 3.71. The minimum Gasteiger partial charge on any atom is -0.373 e. The molecule has 2 heterocycles. The molecule has 2 saturated heterocycles. The van der Waals surface area contributed by atoms with Crippen LogP contribution in [0.1, 0.15) is 18.9 Å². The average Bonchev–Trinajstić information content (AvgIpc) is 3.08. The Bertz CT molecular complexity index is 565. The maximum absolute atomic E-state index is 12.4. The lowest BCUT2D eigenvalue weighted by Gasteiger charge is -2.36. The van der Waals surface area contributed by atoms with E-state index in [0.29, 0.717) is 24.5 Å². The fraction of sp³-hybridized carbons (Fsp3) is 0.611. The molecule has 2 aliphatic heterocycles. The van der Waals surface area contributed by atoms with Crippen LogP contribution in [0.2, 0.25) is 0 Å². The second-order valence-corrected chi connectivity index (χ2v) is 7.11. The van der Waals surface area contributed by atoms with Gasteiger partial charge in [0.1, 0.15) is 0 Å². The highest BCUT2D eigenvalue weighted by molar-refractivity contribution is 5.75. The number of rotatable bonds is 3. The molecule has 0 radical (unpaired) electrons. The average molecular weight is 315 g/mol. The summed E-state index contributed by atoms with van der Waals surface area (Å²) in [7, 11) is 0. The Morgan fingerprint density at radius 2 is 2.09 bits per heavy atom. The van der Waals surface area contributed by atoms with Crippen LogP contribution >= 0.6 is 0 Å². The number of hydrogen-bond donors (Lipinski definition) is 1. The molecule has 1 saturated carbocycles. The summed E-state index contributed by atoms with van der Waals surface area (Å²) in [5.74, 6) is 0.634. The Labute approximate surface area is 137 Å². The molecule has 0 bridgehead atoms. The summed E-state index contributed by atoms with van der Waals surface area (Å²) < 4.78 is 5.93. The number of hydrogen-bond acceptors (Lipinski definition) is 3. The van der Waals surface area contributed by atoms with Gasteiger partial charge in [0.05, 0.1) is 25.3 Å². The van der Waals surface area contributed by atoms with E-state index in [1.54, 1.807) is 0 Å². The van der Waals surface area contributed by atoms with Crippen molar-refractivity contribution in [2.24, 2.45) is 5.92 Å². The van der Waals surface area contributed by atoms with Crippen molar-refractivity contribution in [3.8, 4) is 0 Å². The van der Waals surface area contributed by atoms with E-state index in [2.05, 4.69) is 41.4 Å². The molecule has 0 unspecified atom stereocenters. The van der Waals surface area contributed by atoms with Crippen molar-refractivity contribution >= 4 is 6.03 Å². The maximum atomic E-state index is 12.4. The van der Waals surface area contributed by atoms with E-state index in [1.165, 1.54) is 5.56 Å². The van der Waals surface area contributed by atoms with E-state index in [1.807, 2.05) is 11.0 Å². The van der Waals surface area contributed by atoms with Crippen molar-refractivity contribution in [3.05, 3.63) is 35.9 Å². The van der Waals surface area contributed by atoms with Crippen LogP contribution < -0.4 is 5.32 Å². The van der Waals surface area contributed by atoms with Crippen molar-refractivity contribution in [2.75, 3.05) is 26.2 Å². The molecule has 124 valence electrons. The first-order chi connectivity index (χ1) is 11.2. The molecule has 0 aromatic heterocycles. The van der Waals surface area contributed by atoms with Gasteiger partial charge in [-0.25, -0.2) is 4.79 Å². The smallest absolute Gasteiger partial charge is 0.317 e. The predicted molar refractivity (Wildman–Crippen MR) is 88.1 cm³/mol. The number of carbonyl (C=O) groups is 1. The lowest BCUT2D eigenvalue weighted by molar-refractivity contribution is -0.0503. The first kappa shape index (κ1) is 15.0. The molecule has 5 nitrogen and oxygen atoms in total. The third kappa shape index (κ3) is 3.21. The van der Waals surface area contributed by atoms with Crippen molar-refractivity contribution < 1.29 is 9.53 Å². The molecule has 4 rings (SSSR count). The molecule has 1 aromatic carbocycles. The third-order valence-corrected chi connectivity index (χ3v) is 5.35. The molecular weight excluding hydrogens is 290 g/mol. The van der Waals surface area contributed by atoms with Crippen LogP contribution in [-0.2, 0) is 11.3 Å². The highest BCUT2D eigenvalue weighted by Crippen LogP contribution is 2.30. The number of fused-ring (bicyclic) bond motifs is 1. The van der Waals surface area contributed by atoms with Gasteiger partial charge in [0.25, 0.3) is 0 Å². The van der Waals surface area contributed by atoms with Gasteiger partial charge in [-0.05, 0) is 17.9 Å². The summed E-state index contributed by atoms with van der Waals surface area (Å²) in [6, 6.07) is 11.3. The van der Waals surface area contributed by atoms with Crippen LogP contribution in [0.25, 0.3) is 0 Å². The third-order valence-electron chi connectivity index (χ3n) is 5.35. The van der Waals surface area contributed by atoms with Gasteiger partial charge in [0, 0.05) is 25.7 Å². The summed E-state index contributed by atoms with van der Waals surface area (Å²) in [6.45, 7) is 6.28. The molecule has 5 heteroatoms. The highest BCUT2D eigenvalue weighted by Gasteiger charge is 2.43. The molecule has 3 aliphatic rings. The zero-order valence-electron chi connectivity index (χ0n) is 13.6. The van der Waals surface area contributed by atoms with Gasteiger partial charge in [0.15, 0.2) is 0 Å². The number of likely N-dealkylation sites (tertiary alicyclic amines) is 1. The van der Waals surface area contributed by atoms with Gasteiger partial charge < -0.3 is 15.0 Å². The Morgan fingerprint density at radius 1 is 1.30 bits per heavy atom. The van der Waals surface area contributed by atoms with Crippen molar-refractivity contribution in [3.63, 3.8) is 0 Å². The molecule has 1 N–H and O–H groups in total. The highest BCUT2D eigenvalue weighted by atomic mass is 16.5. The van der Waals surface area contributed by atoms with E-state index >= 15 is 0 Å². The normalized spacial score (nSPS) is 33.3. The van der Waals surface area contributed by atoms with E-state index < -0.39 is 0 Å². The molecule has 1 aromatic rings.